The third kappa shape index (κ3) is 5.51. The number of hydrogen-bond acceptors (Lipinski definition) is 4. The van der Waals surface area contributed by atoms with Crippen molar-refractivity contribution in [2.24, 2.45) is 0 Å². The molecule has 0 aromatic heterocycles. The molecule has 1 aliphatic heterocycles. The Balaban J connectivity index is 2.44. The average Bonchev–Trinajstić information content (AvgIpc) is 2.41. The molecule has 1 aliphatic rings. The summed E-state index contributed by atoms with van der Waals surface area (Å²) in [6, 6.07) is 0.416. The summed E-state index contributed by atoms with van der Waals surface area (Å²) in [5.41, 5.74) is 0.170. The highest BCUT2D eigenvalue weighted by Crippen LogP contribution is 2.21. The van der Waals surface area contributed by atoms with Gasteiger partial charge in [-0.2, -0.15) is 0 Å². The van der Waals surface area contributed by atoms with Crippen LogP contribution in [0.3, 0.4) is 0 Å². The molecule has 0 amide bonds. The van der Waals surface area contributed by atoms with Gasteiger partial charge in [0, 0.05) is 36.8 Å². The van der Waals surface area contributed by atoms with Crippen LogP contribution >= 0.6 is 0 Å². The zero-order chi connectivity index (χ0) is 16.1. The van der Waals surface area contributed by atoms with Crippen molar-refractivity contribution in [1.29, 1.82) is 0 Å². The first-order valence-corrected chi connectivity index (χ1v) is 8.57. The molecule has 0 aliphatic carbocycles. The van der Waals surface area contributed by atoms with Crippen molar-refractivity contribution in [3.8, 4) is 0 Å². The van der Waals surface area contributed by atoms with Gasteiger partial charge < -0.3 is 15.3 Å². The van der Waals surface area contributed by atoms with Crippen LogP contribution in [0.1, 0.15) is 53.9 Å². The van der Waals surface area contributed by atoms with Crippen molar-refractivity contribution in [3.05, 3.63) is 0 Å². The van der Waals surface area contributed by atoms with Crippen LogP contribution in [0, 0.1) is 0 Å². The standard InChI is InChI=1S/C17H37N3O/c1-7-17(14-21,18-15(2)3)9-8-10-20-12-11-19(6)16(4,5)13-20/h15,18,21H,7-14H2,1-6H3. The molecule has 1 heterocycles. The van der Waals surface area contributed by atoms with Crippen molar-refractivity contribution in [1.82, 2.24) is 15.1 Å². The van der Waals surface area contributed by atoms with Crippen LogP contribution in [-0.4, -0.2) is 71.9 Å². The largest absolute Gasteiger partial charge is 0.394 e. The lowest BCUT2D eigenvalue weighted by Crippen LogP contribution is -2.58. The molecule has 21 heavy (non-hydrogen) atoms. The minimum atomic E-state index is -0.101. The molecule has 126 valence electrons. The van der Waals surface area contributed by atoms with Gasteiger partial charge in [-0.15, -0.1) is 0 Å². The first kappa shape index (κ1) is 18.9. The molecule has 0 spiro atoms. The number of piperazine rings is 1. The van der Waals surface area contributed by atoms with Crippen molar-refractivity contribution >= 4 is 0 Å². The smallest absolute Gasteiger partial charge is 0.0613 e. The van der Waals surface area contributed by atoms with Gasteiger partial charge in [0.05, 0.1) is 6.61 Å². The summed E-state index contributed by atoms with van der Waals surface area (Å²) in [7, 11) is 2.22. The summed E-state index contributed by atoms with van der Waals surface area (Å²) in [5, 5.41) is 13.4. The maximum absolute atomic E-state index is 9.80. The van der Waals surface area contributed by atoms with E-state index in [1.165, 1.54) is 0 Å². The summed E-state index contributed by atoms with van der Waals surface area (Å²) in [5.74, 6) is 0. The quantitative estimate of drug-likeness (QED) is 0.718. The van der Waals surface area contributed by atoms with Gasteiger partial charge in [0.2, 0.25) is 0 Å². The van der Waals surface area contributed by atoms with Crippen molar-refractivity contribution in [2.45, 2.75) is 71.0 Å². The van der Waals surface area contributed by atoms with Crippen molar-refractivity contribution < 1.29 is 5.11 Å². The predicted octanol–water partition coefficient (Wildman–Crippen LogP) is 1.93. The number of aliphatic hydroxyl groups excluding tert-OH is 1. The van der Waals surface area contributed by atoms with Gasteiger partial charge in [-0.25, -0.2) is 0 Å². The van der Waals surface area contributed by atoms with E-state index in [1.807, 2.05) is 0 Å². The van der Waals surface area contributed by atoms with E-state index in [0.717, 1.165) is 45.4 Å². The van der Waals surface area contributed by atoms with E-state index in [0.29, 0.717) is 6.04 Å². The van der Waals surface area contributed by atoms with Gasteiger partial charge in [-0.1, -0.05) is 20.8 Å². The van der Waals surface area contributed by atoms with Gasteiger partial charge in [0.15, 0.2) is 0 Å². The highest BCUT2D eigenvalue weighted by molar-refractivity contribution is 4.90. The molecular weight excluding hydrogens is 262 g/mol. The molecule has 0 aromatic rings. The van der Waals surface area contributed by atoms with E-state index < -0.39 is 0 Å². The molecule has 1 saturated heterocycles. The molecule has 1 rings (SSSR count). The van der Waals surface area contributed by atoms with E-state index in [-0.39, 0.29) is 17.7 Å². The maximum atomic E-state index is 9.80. The van der Waals surface area contributed by atoms with Crippen molar-refractivity contribution in [2.75, 3.05) is 39.8 Å². The highest BCUT2D eigenvalue weighted by atomic mass is 16.3. The third-order valence-corrected chi connectivity index (χ3v) is 5.10. The number of aliphatic hydroxyl groups is 1. The fourth-order valence-corrected chi connectivity index (χ4v) is 3.37. The zero-order valence-corrected chi connectivity index (χ0v) is 15.1. The average molecular weight is 300 g/mol. The Morgan fingerprint density at radius 3 is 2.43 bits per heavy atom. The van der Waals surface area contributed by atoms with Crippen LogP contribution in [0.4, 0.5) is 0 Å². The van der Waals surface area contributed by atoms with Crippen LogP contribution in [0.15, 0.2) is 0 Å². The Labute approximate surface area is 131 Å². The normalized spacial score (nSPS) is 23.4. The van der Waals surface area contributed by atoms with Crippen LogP contribution in [0.2, 0.25) is 0 Å². The number of nitrogens with zero attached hydrogens (tertiary/aromatic N) is 2. The Hall–Kier alpha value is -0.160. The molecule has 0 saturated carbocycles. The second kappa shape index (κ2) is 7.91. The second-order valence-electron chi connectivity index (χ2n) is 7.70. The summed E-state index contributed by atoms with van der Waals surface area (Å²) in [6.07, 6.45) is 3.18. The number of nitrogens with one attached hydrogen (secondary N) is 1. The lowest BCUT2D eigenvalue weighted by molar-refractivity contribution is 0.0366. The molecule has 2 N–H and O–H groups in total. The highest BCUT2D eigenvalue weighted by Gasteiger charge is 2.32. The molecule has 4 heteroatoms. The molecule has 1 unspecified atom stereocenters. The Bertz CT molecular complexity index is 300. The van der Waals surface area contributed by atoms with E-state index in [9.17, 15) is 5.11 Å². The SMILES string of the molecule is CCC(CO)(CCCN1CCN(C)C(C)(C)C1)NC(C)C. The van der Waals surface area contributed by atoms with Gasteiger partial charge in [0.1, 0.15) is 0 Å². The van der Waals surface area contributed by atoms with E-state index in [2.05, 4.69) is 56.8 Å². The monoisotopic (exact) mass is 299 g/mol. The topological polar surface area (TPSA) is 38.7 Å². The lowest BCUT2D eigenvalue weighted by Gasteiger charge is -2.45. The van der Waals surface area contributed by atoms with E-state index in [1.54, 1.807) is 0 Å². The number of rotatable bonds is 8. The van der Waals surface area contributed by atoms with Gasteiger partial charge in [-0.3, -0.25) is 4.90 Å². The summed E-state index contributed by atoms with van der Waals surface area (Å²) in [4.78, 5) is 5.03. The zero-order valence-electron chi connectivity index (χ0n) is 15.1. The number of hydrogen-bond donors (Lipinski definition) is 2. The van der Waals surface area contributed by atoms with Crippen molar-refractivity contribution in [3.63, 3.8) is 0 Å². The van der Waals surface area contributed by atoms with Crippen LogP contribution in [0.5, 0.6) is 0 Å². The number of likely N-dealkylation sites (N-methyl/N-ethyl adjacent to an activating group) is 1. The van der Waals surface area contributed by atoms with Crippen LogP contribution in [0.25, 0.3) is 0 Å². The van der Waals surface area contributed by atoms with Gasteiger partial charge >= 0.3 is 0 Å². The molecular formula is C17H37N3O. The Morgan fingerprint density at radius 2 is 1.95 bits per heavy atom. The summed E-state index contributed by atoms with van der Waals surface area (Å²) < 4.78 is 0. The van der Waals surface area contributed by atoms with Crippen LogP contribution < -0.4 is 5.32 Å². The van der Waals surface area contributed by atoms with Gasteiger partial charge in [0.25, 0.3) is 0 Å². The van der Waals surface area contributed by atoms with Gasteiger partial charge in [-0.05, 0) is 46.7 Å². The minimum absolute atomic E-state index is 0.101. The van der Waals surface area contributed by atoms with E-state index in [4.69, 9.17) is 0 Å². The van der Waals surface area contributed by atoms with Crippen LogP contribution in [-0.2, 0) is 0 Å². The molecule has 1 fully saturated rings. The Kier molecular flexibility index (Phi) is 7.11. The third-order valence-electron chi connectivity index (χ3n) is 5.10. The van der Waals surface area contributed by atoms with E-state index >= 15 is 0 Å². The first-order chi connectivity index (χ1) is 9.74. The predicted molar refractivity (Wildman–Crippen MR) is 90.8 cm³/mol. The Morgan fingerprint density at radius 1 is 1.29 bits per heavy atom. The summed E-state index contributed by atoms with van der Waals surface area (Å²) >= 11 is 0. The minimum Gasteiger partial charge on any atom is -0.394 e. The molecule has 0 bridgehead atoms. The lowest BCUT2D eigenvalue weighted by atomic mass is 9.90. The summed E-state index contributed by atoms with van der Waals surface area (Å²) in [6.45, 7) is 15.9. The fourth-order valence-electron chi connectivity index (χ4n) is 3.37. The molecule has 4 nitrogen and oxygen atoms in total. The molecule has 0 radical (unpaired) electrons. The first-order valence-electron chi connectivity index (χ1n) is 8.57. The molecule has 1 atom stereocenters. The fraction of sp³-hybridized carbons (Fsp3) is 1.00. The molecule has 0 aromatic carbocycles. The second-order valence-corrected chi connectivity index (χ2v) is 7.70. The maximum Gasteiger partial charge on any atom is 0.0613 e.